The summed E-state index contributed by atoms with van der Waals surface area (Å²) < 4.78 is 0.984. The van der Waals surface area contributed by atoms with Crippen LogP contribution in [0.25, 0.3) is 0 Å². The average Bonchev–Trinajstić information content (AvgIpc) is 2.48. The number of nitrogens with one attached hydrogen (secondary N) is 2. The normalized spacial score (nSPS) is 10.1. The van der Waals surface area contributed by atoms with Gasteiger partial charge in [0.1, 0.15) is 0 Å². The Kier molecular flexibility index (Phi) is 5.33. The molecule has 0 radical (unpaired) electrons. The van der Waals surface area contributed by atoms with Crippen LogP contribution in [0.15, 0.2) is 46.9 Å². The van der Waals surface area contributed by atoms with Gasteiger partial charge in [0, 0.05) is 15.7 Å². The molecule has 0 spiro atoms. The lowest BCUT2D eigenvalue weighted by atomic mass is 10.1. The average molecular weight is 361 g/mol. The molecule has 22 heavy (non-hydrogen) atoms. The van der Waals surface area contributed by atoms with Crippen molar-refractivity contribution in [2.75, 3.05) is 11.9 Å². The van der Waals surface area contributed by atoms with Crippen LogP contribution in [0.3, 0.4) is 0 Å². The van der Waals surface area contributed by atoms with Gasteiger partial charge in [-0.25, -0.2) is 0 Å². The highest BCUT2D eigenvalue weighted by molar-refractivity contribution is 9.10. The van der Waals surface area contributed by atoms with Gasteiger partial charge in [-0.2, -0.15) is 0 Å². The second kappa shape index (κ2) is 7.22. The third kappa shape index (κ3) is 4.43. The van der Waals surface area contributed by atoms with Crippen LogP contribution < -0.4 is 10.6 Å². The van der Waals surface area contributed by atoms with Crippen molar-refractivity contribution in [3.05, 3.63) is 63.6 Å². The van der Waals surface area contributed by atoms with E-state index in [0.29, 0.717) is 11.3 Å². The highest BCUT2D eigenvalue weighted by atomic mass is 79.9. The van der Waals surface area contributed by atoms with Crippen molar-refractivity contribution in [1.82, 2.24) is 5.32 Å². The fourth-order valence-electron chi connectivity index (χ4n) is 1.98. The quantitative estimate of drug-likeness (QED) is 0.877. The van der Waals surface area contributed by atoms with Crippen molar-refractivity contribution in [3.63, 3.8) is 0 Å². The standard InChI is InChI=1S/C17H17BrN2O2/c1-11-4-3-5-13(8-11)17(22)19-10-16(21)20-14-6-7-15(18)12(2)9-14/h3-9H,10H2,1-2H3,(H,19,22)(H,20,21). The Labute approximate surface area is 138 Å². The number of aryl methyl sites for hydroxylation is 2. The molecule has 2 amide bonds. The van der Waals surface area contributed by atoms with Gasteiger partial charge < -0.3 is 10.6 Å². The van der Waals surface area contributed by atoms with Crippen LogP contribution >= 0.6 is 15.9 Å². The first-order valence-electron chi connectivity index (χ1n) is 6.86. The molecular formula is C17H17BrN2O2. The molecule has 2 aromatic carbocycles. The highest BCUT2D eigenvalue weighted by Gasteiger charge is 2.08. The van der Waals surface area contributed by atoms with Crippen molar-refractivity contribution in [1.29, 1.82) is 0 Å². The molecule has 114 valence electrons. The molecule has 0 atom stereocenters. The first-order valence-corrected chi connectivity index (χ1v) is 7.66. The van der Waals surface area contributed by atoms with E-state index in [1.807, 2.05) is 38.1 Å². The lowest BCUT2D eigenvalue weighted by molar-refractivity contribution is -0.115. The van der Waals surface area contributed by atoms with Crippen LogP contribution in [0.2, 0.25) is 0 Å². The number of hydrogen-bond acceptors (Lipinski definition) is 2. The predicted octanol–water partition coefficient (Wildman–Crippen LogP) is 3.43. The maximum Gasteiger partial charge on any atom is 0.251 e. The zero-order valence-electron chi connectivity index (χ0n) is 12.4. The van der Waals surface area contributed by atoms with Crippen molar-refractivity contribution in [2.45, 2.75) is 13.8 Å². The molecule has 2 rings (SSSR count). The molecule has 0 fully saturated rings. The smallest absolute Gasteiger partial charge is 0.251 e. The van der Waals surface area contributed by atoms with Crippen LogP contribution in [0, 0.1) is 13.8 Å². The molecule has 0 saturated heterocycles. The van der Waals surface area contributed by atoms with Crippen LogP contribution in [0.5, 0.6) is 0 Å². The van der Waals surface area contributed by atoms with E-state index in [1.165, 1.54) is 0 Å². The summed E-state index contributed by atoms with van der Waals surface area (Å²) in [6, 6.07) is 12.8. The molecule has 0 aliphatic rings. The number of rotatable bonds is 4. The highest BCUT2D eigenvalue weighted by Crippen LogP contribution is 2.19. The van der Waals surface area contributed by atoms with E-state index < -0.39 is 0 Å². The Bertz CT molecular complexity index is 714. The Morgan fingerprint density at radius 3 is 2.55 bits per heavy atom. The van der Waals surface area contributed by atoms with E-state index in [4.69, 9.17) is 0 Å². The second-order valence-electron chi connectivity index (χ2n) is 5.06. The lowest BCUT2D eigenvalue weighted by Gasteiger charge is -2.08. The molecule has 5 heteroatoms. The minimum Gasteiger partial charge on any atom is -0.343 e. The predicted molar refractivity (Wildman–Crippen MR) is 91.0 cm³/mol. The van der Waals surface area contributed by atoms with Crippen molar-refractivity contribution < 1.29 is 9.59 Å². The van der Waals surface area contributed by atoms with Gasteiger partial charge in [-0.15, -0.1) is 0 Å². The molecule has 4 nitrogen and oxygen atoms in total. The van der Waals surface area contributed by atoms with E-state index in [1.54, 1.807) is 18.2 Å². The number of halogens is 1. The van der Waals surface area contributed by atoms with Crippen LogP contribution in [0.4, 0.5) is 5.69 Å². The van der Waals surface area contributed by atoms with E-state index >= 15 is 0 Å². The van der Waals surface area contributed by atoms with Gasteiger partial charge in [0.2, 0.25) is 5.91 Å². The lowest BCUT2D eigenvalue weighted by Crippen LogP contribution is -2.32. The molecule has 0 saturated carbocycles. The summed E-state index contributed by atoms with van der Waals surface area (Å²) in [7, 11) is 0. The summed E-state index contributed by atoms with van der Waals surface area (Å²) in [6.45, 7) is 3.79. The summed E-state index contributed by atoms with van der Waals surface area (Å²) >= 11 is 3.41. The molecule has 0 heterocycles. The molecular weight excluding hydrogens is 344 g/mol. The monoisotopic (exact) mass is 360 g/mol. The van der Waals surface area contributed by atoms with Crippen LogP contribution in [0.1, 0.15) is 21.5 Å². The summed E-state index contributed by atoms with van der Waals surface area (Å²) in [6.07, 6.45) is 0. The third-order valence-electron chi connectivity index (χ3n) is 3.13. The van der Waals surface area contributed by atoms with Crippen molar-refractivity contribution in [3.8, 4) is 0 Å². The van der Waals surface area contributed by atoms with Crippen LogP contribution in [-0.4, -0.2) is 18.4 Å². The van der Waals surface area contributed by atoms with Gasteiger partial charge in [-0.1, -0.05) is 33.6 Å². The molecule has 0 aliphatic carbocycles. The van der Waals surface area contributed by atoms with Crippen molar-refractivity contribution >= 4 is 33.4 Å². The number of carbonyl (C=O) groups is 2. The number of benzene rings is 2. The summed E-state index contributed by atoms with van der Waals surface area (Å²) in [5.74, 6) is -0.520. The Balaban J connectivity index is 1.90. The van der Waals surface area contributed by atoms with Gasteiger partial charge in [0.05, 0.1) is 6.54 Å². The summed E-state index contributed by atoms with van der Waals surface area (Å²) in [4.78, 5) is 23.8. The third-order valence-corrected chi connectivity index (χ3v) is 4.02. The Morgan fingerprint density at radius 1 is 1.09 bits per heavy atom. The summed E-state index contributed by atoms with van der Waals surface area (Å²) in [5, 5.41) is 5.37. The minimum atomic E-state index is -0.261. The first-order chi connectivity index (χ1) is 10.5. The van der Waals surface area contributed by atoms with E-state index in [-0.39, 0.29) is 18.4 Å². The SMILES string of the molecule is Cc1cccc(C(=O)NCC(=O)Nc2ccc(Br)c(C)c2)c1. The number of carbonyl (C=O) groups excluding carboxylic acids is 2. The Morgan fingerprint density at radius 2 is 1.86 bits per heavy atom. The van der Waals surface area contributed by atoms with Crippen LogP contribution in [-0.2, 0) is 4.79 Å². The van der Waals surface area contributed by atoms with E-state index in [2.05, 4.69) is 26.6 Å². The van der Waals surface area contributed by atoms with E-state index in [9.17, 15) is 9.59 Å². The van der Waals surface area contributed by atoms with Crippen molar-refractivity contribution in [2.24, 2.45) is 0 Å². The number of amides is 2. The van der Waals surface area contributed by atoms with Gasteiger partial charge in [0.15, 0.2) is 0 Å². The van der Waals surface area contributed by atoms with Gasteiger partial charge in [-0.3, -0.25) is 9.59 Å². The zero-order chi connectivity index (χ0) is 16.1. The fraction of sp³-hybridized carbons (Fsp3) is 0.176. The maximum atomic E-state index is 12.0. The van der Waals surface area contributed by atoms with Gasteiger partial charge in [0.25, 0.3) is 5.91 Å². The van der Waals surface area contributed by atoms with Gasteiger partial charge >= 0.3 is 0 Å². The first kappa shape index (κ1) is 16.2. The Hall–Kier alpha value is -2.14. The second-order valence-corrected chi connectivity index (χ2v) is 5.92. The van der Waals surface area contributed by atoms with E-state index in [0.717, 1.165) is 15.6 Å². The summed E-state index contributed by atoms with van der Waals surface area (Å²) in [5.41, 5.74) is 3.28. The minimum absolute atomic E-state index is 0.0676. The maximum absolute atomic E-state index is 12.0. The zero-order valence-corrected chi connectivity index (χ0v) is 14.0. The molecule has 0 unspecified atom stereocenters. The molecule has 0 bridgehead atoms. The fourth-order valence-corrected chi connectivity index (χ4v) is 2.22. The molecule has 0 aliphatic heterocycles. The molecule has 2 N–H and O–H groups in total. The topological polar surface area (TPSA) is 58.2 Å². The van der Waals surface area contributed by atoms with Gasteiger partial charge in [-0.05, 0) is 49.7 Å². The number of hydrogen-bond donors (Lipinski definition) is 2. The number of anilines is 1. The largest absolute Gasteiger partial charge is 0.343 e. The molecule has 2 aromatic rings. The molecule has 0 aromatic heterocycles.